The summed E-state index contributed by atoms with van der Waals surface area (Å²) in [4.78, 5) is -0.530. The van der Waals surface area contributed by atoms with Gasteiger partial charge in [0.05, 0.1) is 0 Å². The number of aromatic hydroxyl groups is 1. The summed E-state index contributed by atoms with van der Waals surface area (Å²) in [6.45, 7) is 3.17. The lowest BCUT2D eigenvalue weighted by Crippen LogP contribution is -2.29. The van der Waals surface area contributed by atoms with E-state index in [0.717, 1.165) is 18.4 Å². The van der Waals surface area contributed by atoms with Crippen molar-refractivity contribution in [2.24, 2.45) is 5.73 Å². The Morgan fingerprint density at radius 1 is 1.38 bits per heavy atom. The molecular weight excluding hydrogens is 233 g/mol. The molecule has 0 fully saturated rings. The normalized spacial score (nSPS) is 12.8. The van der Waals surface area contributed by atoms with Gasteiger partial charge >= 0.3 is 0 Å². The molecule has 0 saturated carbocycles. The van der Waals surface area contributed by atoms with Gasteiger partial charge in [0.25, 0.3) is 0 Å². The van der Waals surface area contributed by atoms with Crippen molar-refractivity contribution >= 4 is 9.84 Å². The first-order valence-electron chi connectivity index (χ1n) is 4.55. The number of benzene rings is 1. The highest BCUT2D eigenvalue weighted by molar-refractivity contribution is 7.90. The molecule has 3 N–H and O–H groups in total. The standard InChI is InChI=1S/C10H14FNO3S/c1-10(2,12)6-4-7(11)9(5-8(6)13)16(3,14)15/h4-5,13H,12H2,1-3H3. The summed E-state index contributed by atoms with van der Waals surface area (Å²) >= 11 is 0. The fourth-order valence-corrected chi connectivity index (χ4v) is 2.08. The third-order valence-corrected chi connectivity index (χ3v) is 3.26. The molecule has 0 aliphatic carbocycles. The van der Waals surface area contributed by atoms with Gasteiger partial charge in [-0.15, -0.1) is 0 Å². The number of hydrogen-bond donors (Lipinski definition) is 2. The van der Waals surface area contributed by atoms with Crippen molar-refractivity contribution in [3.63, 3.8) is 0 Å². The maximum Gasteiger partial charge on any atom is 0.178 e. The highest BCUT2D eigenvalue weighted by Crippen LogP contribution is 2.31. The molecule has 0 amide bonds. The molecule has 1 rings (SSSR count). The topological polar surface area (TPSA) is 80.4 Å². The Morgan fingerprint density at radius 3 is 2.25 bits per heavy atom. The van der Waals surface area contributed by atoms with Crippen LogP contribution in [0.5, 0.6) is 5.75 Å². The summed E-state index contributed by atoms with van der Waals surface area (Å²) in [5.41, 5.74) is 4.93. The van der Waals surface area contributed by atoms with E-state index in [4.69, 9.17) is 5.73 Å². The van der Waals surface area contributed by atoms with Crippen LogP contribution in [-0.4, -0.2) is 19.8 Å². The van der Waals surface area contributed by atoms with Crippen LogP contribution in [0.25, 0.3) is 0 Å². The molecule has 1 aromatic carbocycles. The molecule has 1 aromatic rings. The summed E-state index contributed by atoms with van der Waals surface area (Å²) < 4.78 is 35.9. The maximum absolute atomic E-state index is 13.5. The van der Waals surface area contributed by atoms with E-state index in [0.29, 0.717) is 0 Å². The van der Waals surface area contributed by atoms with E-state index in [-0.39, 0.29) is 11.3 Å². The maximum atomic E-state index is 13.5. The van der Waals surface area contributed by atoms with Crippen LogP contribution in [0.1, 0.15) is 19.4 Å². The SMILES string of the molecule is CC(C)(N)c1cc(F)c(S(C)(=O)=O)cc1O. The van der Waals surface area contributed by atoms with Crippen LogP contribution in [-0.2, 0) is 15.4 Å². The first-order chi connectivity index (χ1) is 7.03. The fourth-order valence-electron chi connectivity index (χ4n) is 1.34. The van der Waals surface area contributed by atoms with Crippen molar-refractivity contribution in [2.75, 3.05) is 6.26 Å². The minimum absolute atomic E-state index is 0.164. The average Bonchev–Trinajstić information content (AvgIpc) is 2.04. The van der Waals surface area contributed by atoms with E-state index in [9.17, 15) is 17.9 Å². The van der Waals surface area contributed by atoms with Gasteiger partial charge in [-0.2, -0.15) is 0 Å². The summed E-state index contributed by atoms with van der Waals surface area (Å²) in [6, 6.07) is 1.83. The van der Waals surface area contributed by atoms with Crippen LogP contribution in [0.15, 0.2) is 17.0 Å². The highest BCUT2D eigenvalue weighted by atomic mass is 32.2. The molecule has 0 unspecified atom stereocenters. The number of phenols is 1. The molecule has 0 aliphatic rings. The Labute approximate surface area is 93.8 Å². The molecule has 0 radical (unpaired) electrons. The van der Waals surface area contributed by atoms with E-state index in [1.54, 1.807) is 13.8 Å². The van der Waals surface area contributed by atoms with Gasteiger partial charge in [0, 0.05) is 23.4 Å². The van der Waals surface area contributed by atoms with Crippen molar-refractivity contribution in [3.05, 3.63) is 23.5 Å². The molecule has 0 aliphatic heterocycles. The average molecular weight is 247 g/mol. The third kappa shape index (κ3) is 2.51. The Hall–Kier alpha value is -1.14. The Morgan fingerprint density at radius 2 is 1.88 bits per heavy atom. The minimum atomic E-state index is -3.69. The number of nitrogens with two attached hydrogens (primary N) is 1. The largest absolute Gasteiger partial charge is 0.508 e. The van der Waals surface area contributed by atoms with Gasteiger partial charge in [-0.05, 0) is 19.9 Å². The van der Waals surface area contributed by atoms with Crippen LogP contribution >= 0.6 is 0 Å². The minimum Gasteiger partial charge on any atom is -0.508 e. The second-order valence-corrected chi connectivity index (χ2v) is 6.28. The lowest BCUT2D eigenvalue weighted by Gasteiger charge is -2.21. The van der Waals surface area contributed by atoms with E-state index < -0.39 is 26.1 Å². The van der Waals surface area contributed by atoms with E-state index in [2.05, 4.69) is 0 Å². The fraction of sp³-hybridized carbons (Fsp3) is 0.400. The first kappa shape index (κ1) is 12.9. The van der Waals surface area contributed by atoms with Crippen molar-refractivity contribution in [2.45, 2.75) is 24.3 Å². The van der Waals surface area contributed by atoms with Gasteiger partial charge in [-0.1, -0.05) is 0 Å². The summed E-state index contributed by atoms with van der Waals surface area (Å²) in [6.07, 6.45) is 0.873. The van der Waals surface area contributed by atoms with E-state index >= 15 is 0 Å². The predicted molar refractivity (Wildman–Crippen MR) is 58.4 cm³/mol. The summed E-state index contributed by atoms with van der Waals surface area (Å²) in [7, 11) is -3.69. The highest BCUT2D eigenvalue weighted by Gasteiger charge is 2.23. The number of phenolic OH excluding ortho intramolecular Hbond substituents is 1. The lowest BCUT2D eigenvalue weighted by molar-refractivity contribution is 0.432. The van der Waals surface area contributed by atoms with Crippen molar-refractivity contribution in [3.8, 4) is 5.75 Å². The Bertz CT molecular complexity index is 518. The van der Waals surface area contributed by atoms with Crippen molar-refractivity contribution < 1.29 is 17.9 Å². The molecule has 16 heavy (non-hydrogen) atoms. The van der Waals surface area contributed by atoms with Gasteiger partial charge < -0.3 is 10.8 Å². The second kappa shape index (κ2) is 3.71. The molecule has 0 atom stereocenters. The number of sulfone groups is 1. The van der Waals surface area contributed by atoms with E-state index in [1.165, 1.54) is 0 Å². The molecule has 0 aromatic heterocycles. The second-order valence-electron chi connectivity index (χ2n) is 4.29. The molecule has 0 saturated heterocycles. The van der Waals surface area contributed by atoms with Gasteiger partial charge in [-0.25, -0.2) is 12.8 Å². The third-order valence-electron chi connectivity index (χ3n) is 2.14. The zero-order valence-corrected chi connectivity index (χ0v) is 10.1. The van der Waals surface area contributed by atoms with Crippen molar-refractivity contribution in [1.29, 1.82) is 0 Å². The smallest absolute Gasteiger partial charge is 0.178 e. The molecule has 0 spiro atoms. The van der Waals surface area contributed by atoms with E-state index in [1.807, 2.05) is 0 Å². The predicted octanol–water partition coefficient (Wildman–Crippen LogP) is 1.13. The first-order valence-corrected chi connectivity index (χ1v) is 6.44. The van der Waals surface area contributed by atoms with Crippen LogP contribution in [0, 0.1) is 5.82 Å². The molecule has 90 valence electrons. The van der Waals surface area contributed by atoms with Crippen LogP contribution in [0.2, 0.25) is 0 Å². The molecular formula is C10H14FNO3S. The van der Waals surface area contributed by atoms with Crippen molar-refractivity contribution in [1.82, 2.24) is 0 Å². The zero-order valence-electron chi connectivity index (χ0n) is 9.28. The Balaban J connectivity index is 3.52. The van der Waals surface area contributed by atoms with Gasteiger partial charge in [0.2, 0.25) is 0 Å². The molecule has 0 bridgehead atoms. The molecule has 6 heteroatoms. The monoisotopic (exact) mass is 247 g/mol. The van der Waals surface area contributed by atoms with Crippen LogP contribution in [0.4, 0.5) is 4.39 Å². The van der Waals surface area contributed by atoms with Gasteiger partial charge in [-0.3, -0.25) is 0 Å². The van der Waals surface area contributed by atoms with Crippen LogP contribution < -0.4 is 5.73 Å². The number of halogens is 1. The van der Waals surface area contributed by atoms with Gasteiger partial charge in [0.1, 0.15) is 16.5 Å². The lowest BCUT2D eigenvalue weighted by atomic mass is 9.95. The number of hydrogen-bond acceptors (Lipinski definition) is 4. The number of rotatable bonds is 2. The quantitative estimate of drug-likeness (QED) is 0.821. The summed E-state index contributed by atoms with van der Waals surface area (Å²) in [5, 5.41) is 9.60. The Kier molecular flexibility index (Phi) is 3.00. The molecule has 0 heterocycles. The molecule has 4 nitrogen and oxygen atoms in total. The summed E-state index contributed by atoms with van der Waals surface area (Å²) in [5.74, 6) is -1.23. The van der Waals surface area contributed by atoms with Gasteiger partial charge in [0.15, 0.2) is 9.84 Å². The zero-order chi connectivity index (χ0) is 12.7. The van der Waals surface area contributed by atoms with Crippen LogP contribution in [0.3, 0.4) is 0 Å².